The molecule has 1 aromatic carbocycles. The molecule has 1 atom stereocenters. The summed E-state index contributed by atoms with van der Waals surface area (Å²) >= 11 is 5.24. The summed E-state index contributed by atoms with van der Waals surface area (Å²) in [6.07, 6.45) is 3.24. The maximum Gasteiger partial charge on any atom is 0.138 e. The van der Waals surface area contributed by atoms with E-state index in [0.717, 1.165) is 16.7 Å². The van der Waals surface area contributed by atoms with Gasteiger partial charge in [0.2, 0.25) is 0 Å². The van der Waals surface area contributed by atoms with E-state index in [-0.39, 0.29) is 0 Å². The van der Waals surface area contributed by atoms with Crippen LogP contribution in [0.1, 0.15) is 23.4 Å². The lowest BCUT2D eigenvalue weighted by atomic mass is 10.1. The van der Waals surface area contributed by atoms with Crippen LogP contribution in [-0.4, -0.2) is 14.8 Å². The highest BCUT2D eigenvalue weighted by molar-refractivity contribution is 9.10. The first kappa shape index (κ1) is 14.4. The highest BCUT2D eigenvalue weighted by Crippen LogP contribution is 2.21. The molecule has 2 heterocycles. The molecule has 0 aliphatic heterocycles. The van der Waals surface area contributed by atoms with Gasteiger partial charge in [-0.15, -0.1) is 11.3 Å². The van der Waals surface area contributed by atoms with Gasteiger partial charge in [0.05, 0.1) is 5.69 Å². The summed E-state index contributed by atoms with van der Waals surface area (Å²) < 4.78 is 2.90. The molecule has 0 spiro atoms. The van der Waals surface area contributed by atoms with Crippen LogP contribution in [-0.2, 0) is 6.54 Å². The maximum atomic E-state index is 4.13. The molecule has 0 saturated carbocycles. The van der Waals surface area contributed by atoms with Gasteiger partial charge in [0.15, 0.2) is 0 Å². The molecule has 4 nitrogen and oxygen atoms in total. The Hall–Kier alpha value is -1.50. The van der Waals surface area contributed by atoms with Crippen LogP contribution in [0.2, 0.25) is 0 Å². The van der Waals surface area contributed by atoms with Crippen molar-refractivity contribution in [1.29, 1.82) is 0 Å². The Kier molecular flexibility index (Phi) is 4.48. The minimum absolute atomic E-state index is 0.302. The van der Waals surface area contributed by atoms with Crippen LogP contribution < -0.4 is 5.32 Å². The van der Waals surface area contributed by atoms with Crippen molar-refractivity contribution in [3.05, 3.63) is 63.3 Å². The smallest absolute Gasteiger partial charge is 0.138 e. The predicted molar refractivity (Wildman–Crippen MR) is 88.6 cm³/mol. The van der Waals surface area contributed by atoms with Crippen molar-refractivity contribution in [3.8, 4) is 5.69 Å². The second-order valence-electron chi connectivity index (χ2n) is 4.77. The van der Waals surface area contributed by atoms with Crippen LogP contribution >= 0.6 is 27.3 Å². The molecule has 1 unspecified atom stereocenters. The number of nitrogens with zero attached hydrogens (tertiary/aromatic N) is 3. The second kappa shape index (κ2) is 6.51. The van der Waals surface area contributed by atoms with Crippen molar-refractivity contribution in [3.63, 3.8) is 0 Å². The van der Waals surface area contributed by atoms with Gasteiger partial charge in [0.25, 0.3) is 0 Å². The Morgan fingerprint density at radius 3 is 2.76 bits per heavy atom. The zero-order valence-corrected chi connectivity index (χ0v) is 13.9. The van der Waals surface area contributed by atoms with Crippen LogP contribution in [0.3, 0.4) is 0 Å². The lowest BCUT2D eigenvalue weighted by Crippen LogP contribution is -2.17. The first-order valence-corrected chi connectivity index (χ1v) is 8.31. The molecule has 0 bridgehead atoms. The van der Waals surface area contributed by atoms with E-state index in [1.54, 1.807) is 22.3 Å². The molecule has 3 rings (SSSR count). The van der Waals surface area contributed by atoms with Crippen LogP contribution in [0.15, 0.2) is 52.8 Å². The average Bonchev–Trinajstić information content (AvgIpc) is 3.16. The number of halogens is 1. The van der Waals surface area contributed by atoms with Crippen LogP contribution in [0, 0.1) is 0 Å². The topological polar surface area (TPSA) is 42.7 Å². The molecule has 2 aromatic heterocycles. The van der Waals surface area contributed by atoms with Crippen molar-refractivity contribution >= 4 is 27.3 Å². The van der Waals surface area contributed by atoms with Gasteiger partial charge in [-0.25, -0.2) is 9.67 Å². The Labute approximate surface area is 136 Å². The lowest BCUT2D eigenvalue weighted by Gasteiger charge is -2.14. The third-order valence-corrected chi connectivity index (χ3v) is 4.98. The highest BCUT2D eigenvalue weighted by atomic mass is 79.9. The molecular formula is C15H15BrN4S. The molecular weight excluding hydrogens is 348 g/mol. The number of thiophene rings is 1. The lowest BCUT2D eigenvalue weighted by molar-refractivity contribution is 0.578. The molecule has 21 heavy (non-hydrogen) atoms. The number of hydrogen-bond donors (Lipinski definition) is 1. The summed E-state index contributed by atoms with van der Waals surface area (Å²) in [5, 5.41) is 9.77. The summed E-state index contributed by atoms with van der Waals surface area (Å²) in [5.41, 5.74) is 2.28. The third-order valence-electron chi connectivity index (χ3n) is 3.28. The van der Waals surface area contributed by atoms with Gasteiger partial charge in [-0.3, -0.25) is 0 Å². The van der Waals surface area contributed by atoms with Gasteiger partial charge in [0, 0.05) is 27.3 Å². The van der Waals surface area contributed by atoms with Gasteiger partial charge in [-0.2, -0.15) is 5.10 Å². The fraction of sp³-hybridized carbons (Fsp3) is 0.200. The van der Waals surface area contributed by atoms with Gasteiger partial charge in [-0.1, -0.05) is 12.1 Å². The molecule has 108 valence electrons. The summed E-state index contributed by atoms with van der Waals surface area (Å²) in [6, 6.07) is 10.8. The summed E-state index contributed by atoms with van der Waals surface area (Å²) in [7, 11) is 0. The summed E-state index contributed by atoms with van der Waals surface area (Å²) in [5.74, 6) is 0. The van der Waals surface area contributed by atoms with E-state index in [0.29, 0.717) is 6.04 Å². The SMILES string of the molecule is CC(NCc1cc(Br)cs1)c1ccc(-n2cncn2)cc1. The minimum Gasteiger partial charge on any atom is -0.305 e. The molecule has 0 fully saturated rings. The monoisotopic (exact) mass is 362 g/mol. The number of aromatic nitrogens is 3. The summed E-state index contributed by atoms with van der Waals surface area (Å²) in [6.45, 7) is 3.05. The maximum absolute atomic E-state index is 4.13. The van der Waals surface area contributed by atoms with E-state index in [1.807, 2.05) is 0 Å². The number of hydrogen-bond acceptors (Lipinski definition) is 4. The van der Waals surface area contributed by atoms with Crippen LogP contribution in [0.25, 0.3) is 5.69 Å². The standard InChI is InChI=1S/C15H15BrN4S/c1-11(18-7-15-6-13(16)8-21-15)12-2-4-14(5-3-12)20-10-17-9-19-20/h2-6,8-11,18H,7H2,1H3. The van der Waals surface area contributed by atoms with Crippen molar-refractivity contribution < 1.29 is 0 Å². The van der Waals surface area contributed by atoms with Gasteiger partial charge >= 0.3 is 0 Å². The second-order valence-corrected chi connectivity index (χ2v) is 6.68. The van der Waals surface area contributed by atoms with Crippen molar-refractivity contribution in [2.24, 2.45) is 0 Å². The van der Waals surface area contributed by atoms with Crippen molar-refractivity contribution in [2.45, 2.75) is 19.5 Å². The zero-order chi connectivity index (χ0) is 14.7. The Bertz CT molecular complexity index is 691. The van der Waals surface area contributed by atoms with E-state index in [9.17, 15) is 0 Å². The third kappa shape index (κ3) is 3.58. The fourth-order valence-corrected chi connectivity index (χ4v) is 3.48. The number of nitrogens with one attached hydrogen (secondary N) is 1. The quantitative estimate of drug-likeness (QED) is 0.747. The van der Waals surface area contributed by atoms with Crippen LogP contribution in [0.4, 0.5) is 0 Å². The molecule has 0 aliphatic rings. The average molecular weight is 363 g/mol. The van der Waals surface area contributed by atoms with Gasteiger partial charge < -0.3 is 5.32 Å². The van der Waals surface area contributed by atoms with Crippen molar-refractivity contribution in [2.75, 3.05) is 0 Å². The molecule has 1 N–H and O–H groups in total. The summed E-state index contributed by atoms with van der Waals surface area (Å²) in [4.78, 5) is 5.28. The van der Waals surface area contributed by atoms with E-state index >= 15 is 0 Å². The minimum atomic E-state index is 0.302. The highest BCUT2D eigenvalue weighted by Gasteiger charge is 2.06. The molecule has 0 aliphatic carbocycles. The predicted octanol–water partition coefficient (Wildman–Crippen LogP) is 3.94. The molecule has 3 aromatic rings. The van der Waals surface area contributed by atoms with E-state index in [1.165, 1.54) is 16.8 Å². The molecule has 6 heteroatoms. The number of benzene rings is 1. The van der Waals surface area contributed by atoms with E-state index < -0.39 is 0 Å². The normalized spacial score (nSPS) is 12.5. The Morgan fingerprint density at radius 1 is 1.33 bits per heavy atom. The Balaban J connectivity index is 1.63. The van der Waals surface area contributed by atoms with Gasteiger partial charge in [0.1, 0.15) is 12.7 Å². The first-order valence-electron chi connectivity index (χ1n) is 6.63. The first-order chi connectivity index (χ1) is 10.2. The molecule has 0 amide bonds. The van der Waals surface area contributed by atoms with E-state index in [2.05, 4.69) is 74.0 Å². The van der Waals surface area contributed by atoms with Crippen LogP contribution in [0.5, 0.6) is 0 Å². The van der Waals surface area contributed by atoms with Crippen molar-refractivity contribution in [1.82, 2.24) is 20.1 Å². The fourth-order valence-electron chi connectivity index (χ4n) is 2.08. The molecule has 0 saturated heterocycles. The largest absolute Gasteiger partial charge is 0.305 e. The van der Waals surface area contributed by atoms with Gasteiger partial charge in [-0.05, 0) is 46.6 Å². The zero-order valence-electron chi connectivity index (χ0n) is 11.5. The molecule has 0 radical (unpaired) electrons. The Morgan fingerprint density at radius 2 is 2.14 bits per heavy atom. The number of rotatable bonds is 5. The van der Waals surface area contributed by atoms with E-state index in [4.69, 9.17) is 0 Å².